The number of ketones is 2. The van der Waals surface area contributed by atoms with E-state index in [1.165, 1.54) is 0 Å². The lowest BCUT2D eigenvalue weighted by molar-refractivity contribution is -0.193. The van der Waals surface area contributed by atoms with Crippen LogP contribution in [0.15, 0.2) is 23.3 Å². The molecule has 5 rings (SSSR count). The summed E-state index contributed by atoms with van der Waals surface area (Å²) < 4.78 is 18.5. The first kappa shape index (κ1) is 28.2. The minimum Gasteiger partial charge on any atom is -0.462 e. The molecule has 0 aliphatic heterocycles. The molecule has 0 heterocycles. The van der Waals surface area contributed by atoms with Crippen LogP contribution in [0.4, 0.5) is 4.39 Å². The molecule has 0 radical (unpaired) electrons. The Morgan fingerprint density at radius 1 is 1.05 bits per heavy atom. The second kappa shape index (κ2) is 8.60. The van der Waals surface area contributed by atoms with Gasteiger partial charge in [-0.1, -0.05) is 60.1 Å². The van der Waals surface area contributed by atoms with E-state index in [1.54, 1.807) is 0 Å². The van der Waals surface area contributed by atoms with E-state index in [2.05, 4.69) is 40.7 Å². The van der Waals surface area contributed by atoms with Gasteiger partial charge in [-0.15, -0.1) is 0 Å². The SMILES string of the molecule is CC1(C)CC[C@]2(C(=O)OCCF)CC[C@]3(C)C(C(=O)C=C4[C@@]5(C)C=C(C#N)C(=O)C(C)(C)[C@@H]5CC[C@]43C)C2C1. The molecule has 3 fully saturated rings. The molecule has 0 bridgehead atoms. The van der Waals surface area contributed by atoms with Crippen LogP contribution < -0.4 is 0 Å². The van der Waals surface area contributed by atoms with Crippen LogP contribution in [0.2, 0.25) is 0 Å². The summed E-state index contributed by atoms with van der Waals surface area (Å²) in [6, 6.07) is 2.15. The first-order valence-corrected chi connectivity index (χ1v) is 14.7. The van der Waals surface area contributed by atoms with Crippen molar-refractivity contribution in [3.63, 3.8) is 0 Å². The fourth-order valence-electron chi connectivity index (χ4n) is 10.3. The summed E-state index contributed by atoms with van der Waals surface area (Å²) in [5, 5.41) is 9.88. The van der Waals surface area contributed by atoms with Crippen LogP contribution in [0.3, 0.4) is 0 Å². The van der Waals surface area contributed by atoms with E-state index in [0.717, 1.165) is 31.3 Å². The number of Topliss-reactive ketones (excluding diaryl/α,β-unsaturated/α-hetero) is 1. The number of allylic oxidation sites excluding steroid dienone is 4. The molecule has 0 spiro atoms. The van der Waals surface area contributed by atoms with Gasteiger partial charge in [-0.25, -0.2) is 4.39 Å². The van der Waals surface area contributed by atoms with Crippen molar-refractivity contribution in [1.82, 2.24) is 0 Å². The molecule has 212 valence electrons. The third-order valence-corrected chi connectivity index (χ3v) is 12.6. The van der Waals surface area contributed by atoms with Crippen LogP contribution >= 0.6 is 0 Å². The Morgan fingerprint density at radius 2 is 1.72 bits per heavy atom. The highest BCUT2D eigenvalue weighted by atomic mass is 19.1. The van der Waals surface area contributed by atoms with E-state index < -0.39 is 28.3 Å². The highest BCUT2D eigenvalue weighted by Gasteiger charge is 2.71. The third kappa shape index (κ3) is 3.56. The van der Waals surface area contributed by atoms with E-state index in [-0.39, 0.29) is 58.3 Å². The van der Waals surface area contributed by atoms with Crippen molar-refractivity contribution in [3.8, 4) is 6.07 Å². The van der Waals surface area contributed by atoms with Crippen molar-refractivity contribution in [2.75, 3.05) is 13.3 Å². The molecule has 39 heavy (non-hydrogen) atoms. The van der Waals surface area contributed by atoms with Gasteiger partial charge in [0.15, 0.2) is 11.6 Å². The number of hydrogen-bond acceptors (Lipinski definition) is 5. The van der Waals surface area contributed by atoms with Crippen LogP contribution in [-0.2, 0) is 19.1 Å². The number of fused-ring (bicyclic) bond motifs is 7. The van der Waals surface area contributed by atoms with Crippen LogP contribution in [0.5, 0.6) is 0 Å². The summed E-state index contributed by atoms with van der Waals surface area (Å²) >= 11 is 0. The van der Waals surface area contributed by atoms with E-state index in [4.69, 9.17) is 4.74 Å². The van der Waals surface area contributed by atoms with Gasteiger partial charge in [-0.05, 0) is 79.1 Å². The lowest BCUT2D eigenvalue weighted by Gasteiger charge is -2.68. The number of esters is 1. The van der Waals surface area contributed by atoms with E-state index in [9.17, 15) is 24.0 Å². The minimum absolute atomic E-state index is 0.00570. The molecule has 0 aromatic rings. The first-order chi connectivity index (χ1) is 18.0. The predicted octanol–water partition coefficient (Wildman–Crippen LogP) is 6.72. The average molecular weight is 538 g/mol. The quantitative estimate of drug-likeness (QED) is 0.373. The molecular formula is C33H44FNO4. The molecule has 3 saturated carbocycles. The Morgan fingerprint density at radius 3 is 2.36 bits per heavy atom. The Hall–Kier alpha value is -2.29. The van der Waals surface area contributed by atoms with E-state index in [1.807, 2.05) is 26.0 Å². The molecule has 5 aliphatic carbocycles. The van der Waals surface area contributed by atoms with Gasteiger partial charge in [-0.3, -0.25) is 14.4 Å². The van der Waals surface area contributed by atoms with Gasteiger partial charge in [0.1, 0.15) is 19.4 Å². The number of nitrogens with zero attached hydrogens (tertiary/aromatic N) is 1. The molecular weight excluding hydrogens is 493 g/mol. The van der Waals surface area contributed by atoms with Crippen molar-refractivity contribution >= 4 is 17.5 Å². The Kier molecular flexibility index (Phi) is 6.23. The maximum absolute atomic E-state index is 14.4. The normalized spacial score (nSPS) is 43.9. The summed E-state index contributed by atoms with van der Waals surface area (Å²) in [4.78, 5) is 41.2. The molecule has 0 aromatic carbocycles. The number of nitriles is 1. The molecule has 0 N–H and O–H groups in total. The number of hydrogen-bond donors (Lipinski definition) is 0. The lowest BCUT2D eigenvalue weighted by atomic mass is 9.34. The van der Waals surface area contributed by atoms with Crippen molar-refractivity contribution in [2.45, 2.75) is 93.4 Å². The molecule has 0 amide bonds. The molecule has 5 aliphatic rings. The molecule has 7 atom stereocenters. The Balaban J connectivity index is 1.67. The number of carbonyl (C=O) groups is 3. The number of halogens is 1. The number of alkyl halides is 1. The minimum atomic E-state index is -0.763. The lowest BCUT2D eigenvalue weighted by Crippen LogP contribution is -2.66. The van der Waals surface area contributed by atoms with E-state index in [0.29, 0.717) is 19.3 Å². The highest BCUT2D eigenvalue weighted by molar-refractivity contribution is 6.04. The van der Waals surface area contributed by atoms with Gasteiger partial charge < -0.3 is 4.74 Å². The third-order valence-electron chi connectivity index (χ3n) is 12.6. The standard InChI is InChI=1S/C33H44FNO4/c1-28(2)10-12-33(27(38)39-15-14-34)13-11-32(7)25(21(33)18-28)22(36)16-24-30(5)17-20(19-35)26(37)29(3,4)23(30)8-9-31(24,32)6/h16-17,21,23,25H,8-15,18H2,1-7H3/t21?,23-,25?,30-,31+,32+,33-/m0/s1. The number of ether oxygens (including phenoxy) is 1. The largest absolute Gasteiger partial charge is 0.462 e. The zero-order chi connectivity index (χ0) is 28.8. The van der Waals surface area contributed by atoms with E-state index >= 15 is 0 Å². The molecule has 6 heteroatoms. The van der Waals surface area contributed by atoms with Crippen LogP contribution in [0.1, 0.15) is 93.4 Å². The fraction of sp³-hybridized carbons (Fsp3) is 0.758. The van der Waals surface area contributed by atoms with Gasteiger partial charge in [0.25, 0.3) is 0 Å². The van der Waals surface area contributed by atoms with Gasteiger partial charge in [-0.2, -0.15) is 5.26 Å². The first-order valence-electron chi connectivity index (χ1n) is 14.7. The maximum Gasteiger partial charge on any atom is 0.312 e. The Labute approximate surface area is 232 Å². The zero-order valence-corrected chi connectivity index (χ0v) is 24.7. The second-order valence-corrected chi connectivity index (χ2v) is 15.2. The van der Waals surface area contributed by atoms with Gasteiger partial charge in [0.05, 0.1) is 11.0 Å². The maximum atomic E-state index is 14.4. The van der Waals surface area contributed by atoms with Crippen molar-refractivity contribution in [1.29, 1.82) is 5.26 Å². The molecule has 2 unspecified atom stereocenters. The van der Waals surface area contributed by atoms with Crippen LogP contribution in [-0.4, -0.2) is 30.8 Å². The van der Waals surface area contributed by atoms with Gasteiger partial charge in [0, 0.05) is 16.7 Å². The summed E-state index contributed by atoms with van der Waals surface area (Å²) in [5.41, 5.74) is -1.55. The molecule has 0 saturated heterocycles. The predicted molar refractivity (Wildman–Crippen MR) is 146 cm³/mol. The van der Waals surface area contributed by atoms with Crippen LogP contribution in [0, 0.1) is 61.6 Å². The topological polar surface area (TPSA) is 84.2 Å². The van der Waals surface area contributed by atoms with Crippen LogP contribution in [0.25, 0.3) is 0 Å². The smallest absolute Gasteiger partial charge is 0.312 e. The van der Waals surface area contributed by atoms with Crippen molar-refractivity contribution in [3.05, 3.63) is 23.3 Å². The van der Waals surface area contributed by atoms with Crippen molar-refractivity contribution < 1.29 is 23.5 Å². The summed E-state index contributed by atoms with van der Waals surface area (Å²) in [6.45, 7) is 14.0. The number of carbonyl (C=O) groups excluding carboxylic acids is 3. The second-order valence-electron chi connectivity index (χ2n) is 15.2. The van der Waals surface area contributed by atoms with Gasteiger partial charge in [0.2, 0.25) is 0 Å². The number of rotatable bonds is 3. The average Bonchev–Trinajstić information content (AvgIpc) is 2.86. The fourth-order valence-corrected chi connectivity index (χ4v) is 10.3. The summed E-state index contributed by atoms with van der Waals surface area (Å²) in [5.74, 6) is -0.904. The molecule has 5 nitrogen and oxygen atoms in total. The van der Waals surface area contributed by atoms with Crippen molar-refractivity contribution in [2.24, 2.45) is 50.2 Å². The highest BCUT2D eigenvalue weighted by Crippen LogP contribution is 2.74. The molecule has 0 aromatic heterocycles. The summed E-state index contributed by atoms with van der Waals surface area (Å²) in [6.07, 6.45) is 9.00. The zero-order valence-electron chi connectivity index (χ0n) is 24.7. The monoisotopic (exact) mass is 537 g/mol. The van der Waals surface area contributed by atoms with Gasteiger partial charge >= 0.3 is 5.97 Å². The Bertz CT molecular complexity index is 1240. The summed E-state index contributed by atoms with van der Waals surface area (Å²) in [7, 11) is 0.